The first-order valence-electron chi connectivity index (χ1n) is 6.00. The van der Waals surface area contributed by atoms with Gasteiger partial charge in [0.25, 0.3) is 5.91 Å². The van der Waals surface area contributed by atoms with Gasteiger partial charge in [-0.1, -0.05) is 32.4 Å². The quantitative estimate of drug-likeness (QED) is 0.795. The zero-order valence-electron chi connectivity index (χ0n) is 11.3. The lowest BCUT2D eigenvalue weighted by molar-refractivity contribution is 0.102. The molecule has 0 atom stereocenters. The fraction of sp³-hybridized carbons (Fsp3) is 0.286. The molecule has 1 heterocycles. The number of nitrogens with zero attached hydrogens (tertiary/aromatic N) is 1. The molecular weight excluding hydrogens is 360 g/mol. The van der Waals surface area contributed by atoms with Crippen molar-refractivity contribution in [3.63, 3.8) is 0 Å². The lowest BCUT2D eigenvalue weighted by Crippen LogP contribution is -2.14. The highest BCUT2D eigenvalue weighted by Gasteiger charge is 2.18. The minimum atomic E-state index is -0.197. The molecule has 0 spiro atoms. The van der Waals surface area contributed by atoms with Crippen molar-refractivity contribution in [2.24, 2.45) is 0 Å². The van der Waals surface area contributed by atoms with Gasteiger partial charge in [0, 0.05) is 20.8 Å². The summed E-state index contributed by atoms with van der Waals surface area (Å²) in [5, 5.41) is 5.95. The van der Waals surface area contributed by atoms with Gasteiger partial charge in [0.2, 0.25) is 0 Å². The molecule has 1 aromatic carbocycles. The molecule has 0 unspecified atom stereocenters. The fourth-order valence-electron chi connectivity index (χ4n) is 1.48. The standard InChI is InChI=1S/C14H14BrClN2OS/c1-14(2,3)11-7-20-13(17-11)18-12(19)8-4-5-10(16)9(15)6-8/h4-7H,1-3H3,(H,17,18,19). The summed E-state index contributed by atoms with van der Waals surface area (Å²) in [6.45, 7) is 6.26. The van der Waals surface area contributed by atoms with E-state index in [1.165, 1.54) is 11.3 Å². The minimum Gasteiger partial charge on any atom is -0.298 e. The molecule has 20 heavy (non-hydrogen) atoms. The first-order valence-corrected chi connectivity index (χ1v) is 8.05. The molecule has 2 aromatic rings. The zero-order chi connectivity index (χ0) is 14.9. The summed E-state index contributed by atoms with van der Waals surface area (Å²) in [4.78, 5) is 16.6. The van der Waals surface area contributed by atoms with Crippen LogP contribution in [0, 0.1) is 0 Å². The fourth-order valence-corrected chi connectivity index (χ4v) is 2.91. The van der Waals surface area contributed by atoms with Gasteiger partial charge in [0.15, 0.2) is 5.13 Å². The van der Waals surface area contributed by atoms with Crippen LogP contribution in [0.2, 0.25) is 5.02 Å². The summed E-state index contributed by atoms with van der Waals surface area (Å²) in [7, 11) is 0. The summed E-state index contributed by atoms with van der Waals surface area (Å²) < 4.78 is 0.696. The lowest BCUT2D eigenvalue weighted by atomic mass is 9.93. The summed E-state index contributed by atoms with van der Waals surface area (Å²) in [5.41, 5.74) is 1.48. The molecule has 0 saturated heterocycles. The molecule has 6 heteroatoms. The Bertz CT molecular complexity index is 649. The second-order valence-corrected chi connectivity index (χ2v) is 7.49. The van der Waals surface area contributed by atoms with Crippen molar-refractivity contribution in [1.29, 1.82) is 0 Å². The summed E-state index contributed by atoms with van der Waals surface area (Å²) in [5.74, 6) is -0.197. The van der Waals surface area contributed by atoms with E-state index in [1.54, 1.807) is 18.2 Å². The summed E-state index contributed by atoms with van der Waals surface area (Å²) in [6, 6.07) is 5.06. The Labute approximate surface area is 135 Å². The van der Waals surface area contributed by atoms with Crippen molar-refractivity contribution in [3.05, 3.63) is 44.3 Å². The van der Waals surface area contributed by atoms with E-state index >= 15 is 0 Å². The number of carbonyl (C=O) groups is 1. The predicted octanol–water partition coefficient (Wildman–Crippen LogP) is 5.11. The number of hydrogen-bond acceptors (Lipinski definition) is 3. The number of thiazole rings is 1. The Morgan fingerprint density at radius 1 is 1.40 bits per heavy atom. The van der Waals surface area contributed by atoms with Crippen molar-refractivity contribution in [2.45, 2.75) is 26.2 Å². The maximum absolute atomic E-state index is 12.1. The maximum Gasteiger partial charge on any atom is 0.257 e. The van der Waals surface area contributed by atoms with Crippen LogP contribution in [0.5, 0.6) is 0 Å². The van der Waals surface area contributed by atoms with Crippen LogP contribution in [-0.2, 0) is 5.41 Å². The number of halogens is 2. The van der Waals surface area contributed by atoms with Crippen molar-refractivity contribution in [3.8, 4) is 0 Å². The highest BCUT2D eigenvalue weighted by Crippen LogP contribution is 2.27. The van der Waals surface area contributed by atoms with Crippen LogP contribution in [-0.4, -0.2) is 10.9 Å². The van der Waals surface area contributed by atoms with Crippen LogP contribution in [0.25, 0.3) is 0 Å². The van der Waals surface area contributed by atoms with Crippen molar-refractivity contribution in [2.75, 3.05) is 5.32 Å². The van der Waals surface area contributed by atoms with Gasteiger partial charge >= 0.3 is 0 Å². The molecule has 0 radical (unpaired) electrons. The molecule has 0 saturated carbocycles. The molecular formula is C14H14BrClN2OS. The first-order chi connectivity index (χ1) is 9.27. The third-order valence-corrected chi connectivity index (χ3v) is 4.65. The minimum absolute atomic E-state index is 0.0250. The molecule has 1 N–H and O–H groups in total. The maximum atomic E-state index is 12.1. The van der Waals surface area contributed by atoms with Gasteiger partial charge in [-0.15, -0.1) is 11.3 Å². The highest BCUT2D eigenvalue weighted by atomic mass is 79.9. The van der Waals surface area contributed by atoms with E-state index in [4.69, 9.17) is 11.6 Å². The summed E-state index contributed by atoms with van der Waals surface area (Å²) >= 11 is 10.6. The van der Waals surface area contributed by atoms with Gasteiger partial charge in [-0.05, 0) is 34.1 Å². The molecule has 0 aliphatic carbocycles. The molecule has 1 amide bonds. The molecule has 0 aliphatic heterocycles. The number of aromatic nitrogens is 1. The predicted molar refractivity (Wildman–Crippen MR) is 87.9 cm³/mol. The third-order valence-electron chi connectivity index (χ3n) is 2.67. The molecule has 106 valence electrons. The van der Waals surface area contributed by atoms with Crippen LogP contribution >= 0.6 is 38.9 Å². The third kappa shape index (κ3) is 3.59. The van der Waals surface area contributed by atoms with E-state index in [9.17, 15) is 4.79 Å². The van der Waals surface area contributed by atoms with Gasteiger partial charge in [0.1, 0.15) is 0 Å². The Hall–Kier alpha value is -0.910. The van der Waals surface area contributed by atoms with Gasteiger partial charge in [-0.2, -0.15) is 0 Å². The monoisotopic (exact) mass is 372 g/mol. The molecule has 3 nitrogen and oxygen atoms in total. The SMILES string of the molecule is CC(C)(C)c1csc(NC(=O)c2ccc(Cl)c(Br)c2)n1. The Morgan fingerprint density at radius 3 is 2.65 bits per heavy atom. The van der Waals surface area contributed by atoms with E-state index in [1.807, 2.05) is 5.38 Å². The lowest BCUT2D eigenvalue weighted by Gasteiger charge is -2.14. The number of anilines is 1. The van der Waals surface area contributed by atoms with Crippen molar-refractivity contribution in [1.82, 2.24) is 4.98 Å². The van der Waals surface area contributed by atoms with Gasteiger partial charge in [-0.3, -0.25) is 10.1 Å². The highest BCUT2D eigenvalue weighted by molar-refractivity contribution is 9.10. The number of nitrogens with one attached hydrogen (secondary N) is 1. The van der Waals surface area contributed by atoms with Crippen molar-refractivity contribution >= 4 is 49.9 Å². The number of benzene rings is 1. The zero-order valence-corrected chi connectivity index (χ0v) is 14.5. The van der Waals surface area contributed by atoms with E-state index in [0.717, 1.165) is 5.69 Å². The first kappa shape index (κ1) is 15.5. The van der Waals surface area contributed by atoms with Crippen LogP contribution in [0.4, 0.5) is 5.13 Å². The van der Waals surface area contributed by atoms with E-state index in [-0.39, 0.29) is 11.3 Å². The second kappa shape index (κ2) is 5.84. The topological polar surface area (TPSA) is 42.0 Å². The Morgan fingerprint density at radius 2 is 2.10 bits per heavy atom. The van der Waals surface area contributed by atoms with Crippen LogP contribution < -0.4 is 5.32 Å². The number of rotatable bonds is 2. The van der Waals surface area contributed by atoms with Crippen LogP contribution in [0.3, 0.4) is 0 Å². The smallest absolute Gasteiger partial charge is 0.257 e. The molecule has 0 bridgehead atoms. The van der Waals surface area contributed by atoms with E-state index in [0.29, 0.717) is 20.2 Å². The summed E-state index contributed by atoms with van der Waals surface area (Å²) in [6.07, 6.45) is 0. The number of carbonyl (C=O) groups excluding carboxylic acids is 1. The average Bonchev–Trinajstić information content (AvgIpc) is 2.81. The van der Waals surface area contributed by atoms with Gasteiger partial charge < -0.3 is 0 Å². The number of hydrogen-bond donors (Lipinski definition) is 1. The van der Waals surface area contributed by atoms with Gasteiger partial charge in [-0.25, -0.2) is 4.98 Å². The Kier molecular flexibility index (Phi) is 4.52. The average molecular weight is 374 g/mol. The molecule has 1 aromatic heterocycles. The van der Waals surface area contributed by atoms with Crippen LogP contribution in [0.1, 0.15) is 36.8 Å². The van der Waals surface area contributed by atoms with Crippen LogP contribution in [0.15, 0.2) is 28.1 Å². The van der Waals surface area contributed by atoms with Crippen molar-refractivity contribution < 1.29 is 4.79 Å². The van der Waals surface area contributed by atoms with E-state index < -0.39 is 0 Å². The van der Waals surface area contributed by atoms with Gasteiger partial charge in [0.05, 0.1) is 10.7 Å². The van der Waals surface area contributed by atoms with E-state index in [2.05, 4.69) is 47.0 Å². The normalized spacial score (nSPS) is 11.4. The molecule has 0 aliphatic rings. The molecule has 2 rings (SSSR count). The second-order valence-electron chi connectivity index (χ2n) is 5.37. The Balaban J connectivity index is 2.15. The molecule has 0 fully saturated rings. The largest absolute Gasteiger partial charge is 0.298 e. The number of amides is 1.